The van der Waals surface area contributed by atoms with Gasteiger partial charge in [-0.1, -0.05) is 23.2 Å². The number of halogens is 8. The van der Waals surface area contributed by atoms with E-state index < -0.39 is 67.2 Å². The van der Waals surface area contributed by atoms with Gasteiger partial charge in [0.15, 0.2) is 11.5 Å². The summed E-state index contributed by atoms with van der Waals surface area (Å²) in [6.07, 6.45) is -6.08. The number of aromatic nitrogens is 2. The van der Waals surface area contributed by atoms with Crippen molar-refractivity contribution in [1.82, 2.24) is 9.78 Å². The van der Waals surface area contributed by atoms with Crippen molar-refractivity contribution in [3.8, 4) is 11.8 Å². The lowest BCUT2D eigenvalue weighted by Gasteiger charge is -2.15. The highest BCUT2D eigenvalue weighted by Gasteiger charge is 2.37. The van der Waals surface area contributed by atoms with Crippen LogP contribution >= 0.6 is 35.0 Å². The Bertz CT molecular complexity index is 1030. The van der Waals surface area contributed by atoms with E-state index in [-0.39, 0.29) is 13.2 Å². The largest absolute Gasteiger partial charge is 0.447 e. The highest BCUT2D eigenvalue weighted by Crippen LogP contribution is 2.45. The lowest BCUT2D eigenvalue weighted by Crippen LogP contribution is -2.19. The van der Waals surface area contributed by atoms with E-state index in [0.717, 1.165) is 0 Å². The van der Waals surface area contributed by atoms with E-state index in [4.69, 9.17) is 27.9 Å². The van der Waals surface area contributed by atoms with Gasteiger partial charge >= 0.3 is 17.8 Å². The SMILES string of the molecule is COCCOC(=O)Nc1c(SC(F)(F)F)c(C#N)nn1-c1c(Cl)cc(C(F)(F)F)cc1Cl. The fourth-order valence-electron chi connectivity index (χ4n) is 2.24. The summed E-state index contributed by atoms with van der Waals surface area (Å²) in [5.74, 6) is -0.741. The molecule has 1 amide bonds. The van der Waals surface area contributed by atoms with Crippen LogP contribution in [-0.2, 0) is 15.7 Å². The average molecular weight is 523 g/mol. The third-order valence-corrected chi connectivity index (χ3v) is 4.86. The maximum Gasteiger partial charge on any atom is 0.446 e. The van der Waals surface area contributed by atoms with Gasteiger partial charge in [0.05, 0.1) is 27.1 Å². The fourth-order valence-corrected chi connectivity index (χ4v) is 3.54. The van der Waals surface area contributed by atoms with Gasteiger partial charge < -0.3 is 9.47 Å². The Balaban J connectivity index is 2.67. The maximum absolute atomic E-state index is 13.1. The molecule has 0 saturated carbocycles. The van der Waals surface area contributed by atoms with Crippen molar-refractivity contribution in [1.29, 1.82) is 5.26 Å². The second kappa shape index (κ2) is 10.1. The van der Waals surface area contributed by atoms with Crippen LogP contribution in [0.1, 0.15) is 11.3 Å². The van der Waals surface area contributed by atoms with Crippen LogP contribution < -0.4 is 5.32 Å². The molecule has 1 aromatic carbocycles. The molecule has 2 rings (SSSR count). The molecular weight excluding hydrogens is 513 g/mol. The van der Waals surface area contributed by atoms with Crippen LogP contribution in [0.3, 0.4) is 0 Å². The van der Waals surface area contributed by atoms with Gasteiger partial charge in [0, 0.05) is 7.11 Å². The van der Waals surface area contributed by atoms with E-state index in [9.17, 15) is 36.4 Å². The van der Waals surface area contributed by atoms with Gasteiger partial charge in [-0.2, -0.15) is 36.7 Å². The minimum atomic E-state index is -4.91. The van der Waals surface area contributed by atoms with Crippen molar-refractivity contribution < 1.29 is 40.6 Å². The van der Waals surface area contributed by atoms with E-state index in [1.165, 1.54) is 13.2 Å². The molecule has 0 radical (unpaired) electrons. The van der Waals surface area contributed by atoms with Crippen molar-refractivity contribution in [3.63, 3.8) is 0 Å². The van der Waals surface area contributed by atoms with Crippen molar-refractivity contribution >= 4 is 46.9 Å². The van der Waals surface area contributed by atoms with Gasteiger partial charge in [0.1, 0.15) is 18.4 Å². The molecule has 7 nitrogen and oxygen atoms in total. The van der Waals surface area contributed by atoms with Gasteiger partial charge in [-0.15, -0.1) is 0 Å². The Morgan fingerprint density at radius 3 is 2.28 bits per heavy atom. The third-order valence-electron chi connectivity index (χ3n) is 3.46. The molecule has 0 aliphatic heterocycles. The number of nitrogens with one attached hydrogen (secondary N) is 1. The minimum absolute atomic E-state index is 0.0309. The Labute approximate surface area is 190 Å². The predicted molar refractivity (Wildman–Crippen MR) is 102 cm³/mol. The number of benzene rings is 1. The summed E-state index contributed by atoms with van der Waals surface area (Å²) >= 11 is 11.0. The number of nitriles is 1. The first-order chi connectivity index (χ1) is 14.8. The zero-order chi connectivity index (χ0) is 24.3. The quantitative estimate of drug-likeness (QED) is 0.289. The van der Waals surface area contributed by atoms with Crippen molar-refractivity contribution in [2.75, 3.05) is 25.6 Å². The highest BCUT2D eigenvalue weighted by molar-refractivity contribution is 8.00. The lowest BCUT2D eigenvalue weighted by molar-refractivity contribution is -0.137. The van der Waals surface area contributed by atoms with Crippen LogP contribution in [0.15, 0.2) is 17.0 Å². The number of ether oxygens (including phenoxy) is 2. The van der Waals surface area contributed by atoms with Gasteiger partial charge in [-0.3, -0.25) is 5.32 Å². The topological polar surface area (TPSA) is 89.2 Å². The van der Waals surface area contributed by atoms with E-state index in [1.54, 1.807) is 0 Å². The predicted octanol–water partition coefficient (Wildman–Crippen LogP) is 5.88. The first kappa shape index (κ1) is 25.9. The molecule has 0 aliphatic rings. The molecule has 0 fully saturated rings. The summed E-state index contributed by atoms with van der Waals surface area (Å²) in [6.45, 7) is -0.304. The summed E-state index contributed by atoms with van der Waals surface area (Å²) in [4.78, 5) is 11.2. The second-order valence-electron chi connectivity index (χ2n) is 5.64. The van der Waals surface area contributed by atoms with Crippen molar-refractivity contribution in [3.05, 3.63) is 33.4 Å². The van der Waals surface area contributed by atoms with Crippen LogP contribution in [0.5, 0.6) is 0 Å². The van der Waals surface area contributed by atoms with Crippen molar-refractivity contribution in [2.24, 2.45) is 0 Å². The molecule has 174 valence electrons. The number of hydrogen-bond acceptors (Lipinski definition) is 6. The highest BCUT2D eigenvalue weighted by atomic mass is 35.5. The van der Waals surface area contributed by atoms with Gasteiger partial charge in [-0.05, 0) is 23.9 Å². The zero-order valence-electron chi connectivity index (χ0n) is 15.6. The molecular formula is C16H10Cl2F6N4O3S. The molecule has 1 heterocycles. The first-order valence-corrected chi connectivity index (χ1v) is 9.64. The summed E-state index contributed by atoms with van der Waals surface area (Å²) in [7, 11) is 1.31. The summed E-state index contributed by atoms with van der Waals surface area (Å²) in [6, 6.07) is 2.35. The van der Waals surface area contributed by atoms with Gasteiger partial charge in [0.2, 0.25) is 0 Å². The Morgan fingerprint density at radius 1 is 1.22 bits per heavy atom. The summed E-state index contributed by atoms with van der Waals surface area (Å²) in [5.41, 5.74) is -7.45. The standard InChI is InChI=1S/C16H10Cl2F6N4O3S/c1-30-2-3-31-14(29)26-13-12(32-16(22,23)24)10(6-25)27-28(13)11-8(17)4-7(5-9(11)18)15(19,20)21/h4-5H,2-3H2,1H3,(H,26,29). The molecule has 0 atom stereocenters. The van der Waals surface area contributed by atoms with Gasteiger partial charge in [0.25, 0.3) is 0 Å². The molecule has 1 N–H and O–H groups in total. The van der Waals surface area contributed by atoms with Crippen LogP contribution in [-0.4, -0.2) is 41.7 Å². The molecule has 16 heteroatoms. The Kier molecular flexibility index (Phi) is 8.16. The normalized spacial score (nSPS) is 11.9. The van der Waals surface area contributed by atoms with Crippen LogP contribution in [0.25, 0.3) is 5.69 Å². The average Bonchev–Trinajstić information content (AvgIpc) is 2.96. The van der Waals surface area contributed by atoms with Gasteiger partial charge in [-0.25, -0.2) is 9.48 Å². The number of hydrogen-bond donors (Lipinski definition) is 1. The Morgan fingerprint density at radius 2 is 1.81 bits per heavy atom. The molecule has 2 aromatic rings. The molecule has 0 spiro atoms. The summed E-state index contributed by atoms with van der Waals surface area (Å²) < 4.78 is 88.1. The number of amides is 1. The maximum atomic E-state index is 13.1. The lowest BCUT2D eigenvalue weighted by atomic mass is 10.2. The van der Waals surface area contributed by atoms with E-state index in [2.05, 4.69) is 9.84 Å². The molecule has 0 aliphatic carbocycles. The molecule has 0 saturated heterocycles. The number of rotatable bonds is 6. The van der Waals surface area contributed by atoms with E-state index in [0.29, 0.717) is 16.8 Å². The number of carbonyl (C=O) groups excluding carboxylic acids is 1. The number of methoxy groups -OCH3 is 1. The van der Waals surface area contributed by atoms with Crippen molar-refractivity contribution in [2.45, 2.75) is 16.6 Å². The molecule has 0 unspecified atom stereocenters. The third kappa shape index (κ3) is 6.35. The Hall–Kier alpha value is -2.34. The fraction of sp³-hybridized carbons (Fsp3) is 0.312. The van der Waals surface area contributed by atoms with E-state index in [1.807, 2.05) is 5.32 Å². The van der Waals surface area contributed by atoms with Crippen LogP contribution in [0.2, 0.25) is 10.0 Å². The number of anilines is 1. The molecule has 0 bridgehead atoms. The monoisotopic (exact) mass is 522 g/mol. The van der Waals surface area contributed by atoms with Crippen LogP contribution in [0.4, 0.5) is 37.0 Å². The number of carbonyl (C=O) groups is 1. The number of nitrogens with zero attached hydrogens (tertiary/aromatic N) is 3. The smallest absolute Gasteiger partial charge is 0.446 e. The second-order valence-corrected chi connectivity index (χ2v) is 7.53. The minimum Gasteiger partial charge on any atom is -0.447 e. The van der Waals surface area contributed by atoms with E-state index >= 15 is 0 Å². The van der Waals surface area contributed by atoms with Crippen LogP contribution in [0, 0.1) is 11.3 Å². The number of alkyl halides is 6. The number of thioether (sulfide) groups is 1. The molecule has 32 heavy (non-hydrogen) atoms. The zero-order valence-corrected chi connectivity index (χ0v) is 17.9. The molecule has 1 aromatic heterocycles. The first-order valence-electron chi connectivity index (χ1n) is 8.06. The summed E-state index contributed by atoms with van der Waals surface area (Å²) in [5, 5.41) is 13.5.